The van der Waals surface area contributed by atoms with Crippen molar-refractivity contribution in [1.82, 2.24) is 34.8 Å². The number of piperazine rings is 1. The number of carboxylic acids is 1. The second kappa shape index (κ2) is 14.1. The van der Waals surface area contributed by atoms with E-state index in [2.05, 4.69) is 39.6 Å². The lowest BCUT2D eigenvalue weighted by Gasteiger charge is -2.44. The fourth-order valence-electron chi connectivity index (χ4n) is 6.57. The monoisotopic (exact) mass is 683 g/mol. The van der Waals surface area contributed by atoms with Gasteiger partial charge in [0.25, 0.3) is 0 Å². The summed E-state index contributed by atoms with van der Waals surface area (Å²) >= 11 is 0. The minimum absolute atomic E-state index is 0.0324. The predicted molar refractivity (Wildman–Crippen MR) is 177 cm³/mol. The van der Waals surface area contributed by atoms with Crippen LogP contribution >= 0.6 is 0 Å². The molecule has 262 valence electrons. The van der Waals surface area contributed by atoms with E-state index in [1.165, 1.54) is 6.20 Å². The maximum absolute atomic E-state index is 14.0. The van der Waals surface area contributed by atoms with E-state index in [4.69, 9.17) is 19.6 Å². The number of anilines is 2. The molecule has 0 bridgehead atoms. The minimum Gasteiger partial charge on any atom is -0.481 e. The normalized spacial score (nSPS) is 16.5. The SMILES string of the molecule is CCOc1ncc(-c2cc(N(C)CC3(COC)CCC3)c3[nH]c(-c4cnc(N5CCN(CCC(=O)O)CC5)cn4)nc3n2)cc1C(F)(F)F. The third-order valence-electron chi connectivity index (χ3n) is 9.24. The molecule has 0 amide bonds. The predicted octanol–water partition coefficient (Wildman–Crippen LogP) is 4.74. The first-order valence-electron chi connectivity index (χ1n) is 16.3. The zero-order chi connectivity index (χ0) is 34.8. The number of hydrogen-bond acceptors (Lipinski definition) is 11. The van der Waals surface area contributed by atoms with Crippen molar-refractivity contribution < 1.29 is 32.5 Å². The van der Waals surface area contributed by atoms with E-state index in [0.29, 0.717) is 67.0 Å². The second-order valence-electron chi connectivity index (χ2n) is 12.7. The first-order chi connectivity index (χ1) is 23.5. The summed E-state index contributed by atoms with van der Waals surface area (Å²) in [6.07, 6.45) is 3.20. The number of halogens is 3. The van der Waals surface area contributed by atoms with Crippen LogP contribution in [0.15, 0.2) is 30.7 Å². The van der Waals surface area contributed by atoms with Crippen LogP contribution < -0.4 is 14.5 Å². The van der Waals surface area contributed by atoms with Gasteiger partial charge in [0, 0.05) is 70.6 Å². The molecule has 1 aliphatic carbocycles. The van der Waals surface area contributed by atoms with Crippen molar-refractivity contribution in [3.05, 3.63) is 36.3 Å². The molecule has 0 aromatic carbocycles. The summed E-state index contributed by atoms with van der Waals surface area (Å²) in [5.74, 6) is -0.168. The first kappa shape index (κ1) is 34.3. The zero-order valence-corrected chi connectivity index (χ0v) is 27.8. The number of aliphatic carboxylic acids is 1. The van der Waals surface area contributed by atoms with Crippen LogP contribution in [-0.2, 0) is 15.7 Å². The maximum Gasteiger partial charge on any atom is 0.421 e. The highest BCUT2D eigenvalue weighted by molar-refractivity contribution is 5.91. The summed E-state index contributed by atoms with van der Waals surface area (Å²) in [6, 6.07) is 2.77. The number of nitrogens with zero attached hydrogens (tertiary/aromatic N) is 8. The van der Waals surface area contributed by atoms with Crippen LogP contribution in [0.4, 0.5) is 24.7 Å². The Kier molecular flexibility index (Phi) is 9.88. The molecule has 1 saturated carbocycles. The highest BCUT2D eigenvalue weighted by atomic mass is 19.4. The summed E-state index contributed by atoms with van der Waals surface area (Å²) in [7, 11) is 3.64. The Morgan fingerprint density at radius 2 is 1.84 bits per heavy atom. The Hall–Kier alpha value is -4.57. The van der Waals surface area contributed by atoms with E-state index in [1.54, 1.807) is 32.5 Å². The van der Waals surface area contributed by atoms with Crippen molar-refractivity contribution in [3.8, 4) is 28.7 Å². The van der Waals surface area contributed by atoms with Gasteiger partial charge in [0.05, 0.1) is 43.4 Å². The Balaban J connectivity index is 1.32. The van der Waals surface area contributed by atoms with E-state index < -0.39 is 23.6 Å². The lowest BCUT2D eigenvalue weighted by Crippen LogP contribution is -2.47. The summed E-state index contributed by atoms with van der Waals surface area (Å²) in [5.41, 5.74) is 1.59. The summed E-state index contributed by atoms with van der Waals surface area (Å²) in [6.45, 7) is 6.28. The van der Waals surface area contributed by atoms with E-state index in [-0.39, 0.29) is 29.7 Å². The molecule has 0 spiro atoms. The Labute approximate surface area is 281 Å². The van der Waals surface area contributed by atoms with Crippen molar-refractivity contribution in [1.29, 1.82) is 0 Å². The van der Waals surface area contributed by atoms with Gasteiger partial charge in [-0.25, -0.2) is 24.9 Å². The van der Waals surface area contributed by atoms with Gasteiger partial charge in [-0.2, -0.15) is 13.2 Å². The van der Waals surface area contributed by atoms with Gasteiger partial charge in [-0.1, -0.05) is 6.42 Å². The summed E-state index contributed by atoms with van der Waals surface area (Å²) in [4.78, 5) is 43.2. The zero-order valence-electron chi connectivity index (χ0n) is 27.8. The molecule has 6 rings (SSSR count). The lowest BCUT2D eigenvalue weighted by molar-refractivity contribution is -0.139. The molecule has 5 heterocycles. The average Bonchev–Trinajstić information content (AvgIpc) is 3.50. The van der Waals surface area contributed by atoms with Gasteiger partial charge in [0.15, 0.2) is 11.5 Å². The smallest absolute Gasteiger partial charge is 0.421 e. The van der Waals surface area contributed by atoms with Gasteiger partial charge < -0.3 is 29.4 Å². The molecular weight excluding hydrogens is 643 g/mol. The molecule has 0 atom stereocenters. The molecule has 4 aromatic heterocycles. The number of fused-ring (bicyclic) bond motifs is 1. The molecule has 1 saturated heterocycles. The molecule has 2 aliphatic rings. The largest absolute Gasteiger partial charge is 0.481 e. The highest BCUT2D eigenvalue weighted by Gasteiger charge is 2.39. The van der Waals surface area contributed by atoms with Crippen molar-refractivity contribution in [2.75, 3.05) is 76.4 Å². The Morgan fingerprint density at radius 3 is 2.45 bits per heavy atom. The van der Waals surface area contributed by atoms with Crippen molar-refractivity contribution >= 4 is 28.6 Å². The highest BCUT2D eigenvalue weighted by Crippen LogP contribution is 2.43. The van der Waals surface area contributed by atoms with Crippen LogP contribution in [0.25, 0.3) is 33.9 Å². The van der Waals surface area contributed by atoms with Gasteiger partial charge in [0.1, 0.15) is 22.6 Å². The number of nitrogens with one attached hydrogen (secondary N) is 1. The third-order valence-corrected chi connectivity index (χ3v) is 9.24. The molecule has 49 heavy (non-hydrogen) atoms. The van der Waals surface area contributed by atoms with Crippen LogP contribution in [0, 0.1) is 5.41 Å². The van der Waals surface area contributed by atoms with Crippen LogP contribution in [0.2, 0.25) is 0 Å². The van der Waals surface area contributed by atoms with Gasteiger partial charge in [-0.3, -0.25) is 9.69 Å². The number of imidazole rings is 1. The van der Waals surface area contributed by atoms with Gasteiger partial charge in [-0.05, 0) is 31.9 Å². The van der Waals surface area contributed by atoms with Crippen LogP contribution in [0.3, 0.4) is 0 Å². The van der Waals surface area contributed by atoms with Crippen LogP contribution in [-0.4, -0.2) is 113 Å². The van der Waals surface area contributed by atoms with Gasteiger partial charge in [0.2, 0.25) is 5.88 Å². The number of H-pyrrole nitrogens is 1. The molecule has 13 nitrogen and oxygen atoms in total. The van der Waals surface area contributed by atoms with Gasteiger partial charge >= 0.3 is 12.1 Å². The number of ether oxygens (including phenoxy) is 2. The maximum atomic E-state index is 14.0. The Bertz CT molecular complexity index is 1770. The number of pyridine rings is 2. The fourth-order valence-corrected chi connectivity index (χ4v) is 6.57. The number of rotatable bonds is 13. The van der Waals surface area contributed by atoms with E-state index in [0.717, 1.165) is 38.4 Å². The number of aromatic nitrogens is 6. The van der Waals surface area contributed by atoms with Crippen molar-refractivity contribution in [2.24, 2.45) is 5.41 Å². The van der Waals surface area contributed by atoms with Crippen LogP contribution in [0.1, 0.15) is 38.2 Å². The second-order valence-corrected chi connectivity index (χ2v) is 12.7. The van der Waals surface area contributed by atoms with Crippen molar-refractivity contribution in [2.45, 2.75) is 38.8 Å². The van der Waals surface area contributed by atoms with E-state index in [9.17, 15) is 18.0 Å². The van der Waals surface area contributed by atoms with E-state index >= 15 is 0 Å². The number of alkyl halides is 3. The molecule has 0 unspecified atom stereocenters. The molecule has 2 fully saturated rings. The number of aromatic amines is 1. The Morgan fingerprint density at radius 1 is 1.06 bits per heavy atom. The molecule has 1 aliphatic heterocycles. The lowest BCUT2D eigenvalue weighted by atomic mass is 9.69. The fraction of sp³-hybridized carbons (Fsp3) is 0.515. The molecule has 2 N–H and O–H groups in total. The molecule has 4 aromatic rings. The molecular formula is C33H40F3N9O4. The minimum atomic E-state index is -4.67. The summed E-state index contributed by atoms with van der Waals surface area (Å²) < 4.78 is 52.8. The summed E-state index contributed by atoms with van der Waals surface area (Å²) in [5, 5.41) is 8.97. The molecule has 0 radical (unpaired) electrons. The number of methoxy groups -OCH3 is 1. The van der Waals surface area contributed by atoms with Crippen LogP contribution in [0.5, 0.6) is 5.88 Å². The number of carbonyl (C=O) groups is 1. The van der Waals surface area contributed by atoms with Crippen molar-refractivity contribution in [3.63, 3.8) is 0 Å². The number of carboxylic acid groups (broad SMARTS) is 1. The first-order valence-corrected chi connectivity index (χ1v) is 16.3. The number of hydrogen-bond donors (Lipinski definition) is 2. The van der Waals surface area contributed by atoms with E-state index in [1.807, 2.05) is 7.05 Å². The quantitative estimate of drug-likeness (QED) is 0.201. The molecule has 16 heteroatoms. The average molecular weight is 684 g/mol. The third kappa shape index (κ3) is 7.54. The standard InChI is InChI=1S/C33H40F3N9O4/c1-4-49-31-22(33(34,35)36)14-21(16-39-31)23-15-25(43(2)19-32(20-48-3)7-5-8-32)28-30(40-23)42-29(41-28)24-17-38-26(18-37-24)45-12-10-44(11-13-45)9-6-27(46)47/h14-18H,4-13,19-20H2,1-3H3,(H,46,47)(H,40,41,42). The van der Waals surface area contributed by atoms with Gasteiger partial charge in [-0.15, -0.1) is 0 Å². The topological polar surface area (TPSA) is 146 Å².